The van der Waals surface area contributed by atoms with Crippen LogP contribution in [0.15, 0.2) is 54.6 Å². The number of hydrogen-bond acceptors (Lipinski definition) is 0. The number of rotatable bonds is 1. The molecule has 0 aliphatic heterocycles. The van der Waals surface area contributed by atoms with Crippen molar-refractivity contribution in [1.29, 1.82) is 0 Å². The summed E-state index contributed by atoms with van der Waals surface area (Å²) < 4.78 is 2.44. The monoisotopic (exact) mass is 303 g/mol. The van der Waals surface area contributed by atoms with Crippen molar-refractivity contribution in [3.05, 3.63) is 71.4 Å². The van der Waals surface area contributed by atoms with Crippen molar-refractivity contribution in [1.82, 2.24) is 4.57 Å². The molecule has 0 saturated heterocycles. The number of aryl methyl sites for hydroxylation is 1. The SMILES string of the molecule is CC.Cc1ccc2c(c1)c1c(n2-c2ccccc2)C(C)CC=C1. The third-order valence-electron chi connectivity index (χ3n) is 4.46. The Hall–Kier alpha value is -2.28. The Morgan fingerprint density at radius 1 is 1.00 bits per heavy atom. The van der Waals surface area contributed by atoms with Gasteiger partial charge in [0, 0.05) is 28.2 Å². The first-order valence-corrected chi connectivity index (χ1v) is 8.62. The molecule has 3 aromatic rings. The molecule has 1 aliphatic rings. The number of benzene rings is 2. The summed E-state index contributed by atoms with van der Waals surface area (Å²) in [6.45, 7) is 8.50. The molecule has 0 N–H and O–H groups in total. The van der Waals surface area contributed by atoms with Crippen LogP contribution in [0.5, 0.6) is 0 Å². The van der Waals surface area contributed by atoms with Gasteiger partial charge in [-0.3, -0.25) is 0 Å². The van der Waals surface area contributed by atoms with Gasteiger partial charge in [0.2, 0.25) is 0 Å². The highest BCUT2D eigenvalue weighted by Crippen LogP contribution is 2.39. The zero-order chi connectivity index (χ0) is 16.4. The molecular weight excluding hydrogens is 278 g/mol. The van der Waals surface area contributed by atoms with Crippen LogP contribution >= 0.6 is 0 Å². The Morgan fingerprint density at radius 3 is 2.48 bits per heavy atom. The van der Waals surface area contributed by atoms with E-state index in [0.717, 1.165) is 6.42 Å². The molecule has 0 spiro atoms. The van der Waals surface area contributed by atoms with Crippen molar-refractivity contribution in [2.75, 3.05) is 0 Å². The van der Waals surface area contributed by atoms with Crippen LogP contribution in [-0.4, -0.2) is 4.57 Å². The van der Waals surface area contributed by atoms with Crippen LogP contribution < -0.4 is 0 Å². The van der Waals surface area contributed by atoms with E-state index in [1.54, 1.807) is 0 Å². The number of fused-ring (bicyclic) bond motifs is 3. The molecule has 1 aromatic heterocycles. The maximum absolute atomic E-state index is 2.44. The van der Waals surface area contributed by atoms with E-state index < -0.39 is 0 Å². The molecule has 1 aliphatic carbocycles. The second-order valence-electron chi connectivity index (χ2n) is 6.03. The van der Waals surface area contributed by atoms with Gasteiger partial charge >= 0.3 is 0 Å². The number of aromatic nitrogens is 1. The summed E-state index contributed by atoms with van der Waals surface area (Å²) in [7, 11) is 0. The van der Waals surface area contributed by atoms with E-state index in [4.69, 9.17) is 0 Å². The van der Waals surface area contributed by atoms with E-state index in [1.165, 1.54) is 33.4 Å². The van der Waals surface area contributed by atoms with E-state index in [2.05, 4.69) is 79.1 Å². The Balaban J connectivity index is 0.000000753. The van der Waals surface area contributed by atoms with Crippen molar-refractivity contribution in [3.8, 4) is 5.69 Å². The molecule has 2 aromatic carbocycles. The lowest BCUT2D eigenvalue weighted by molar-refractivity contribution is 0.723. The molecule has 0 amide bonds. The van der Waals surface area contributed by atoms with Crippen LogP contribution in [0.3, 0.4) is 0 Å². The fourth-order valence-electron chi connectivity index (χ4n) is 3.47. The predicted molar refractivity (Wildman–Crippen MR) is 101 cm³/mol. The normalized spacial score (nSPS) is 15.9. The molecule has 23 heavy (non-hydrogen) atoms. The first-order valence-electron chi connectivity index (χ1n) is 8.62. The zero-order valence-corrected chi connectivity index (χ0v) is 14.5. The quantitative estimate of drug-likeness (QED) is 0.484. The molecule has 118 valence electrons. The van der Waals surface area contributed by atoms with Crippen LogP contribution in [0, 0.1) is 6.92 Å². The molecule has 1 atom stereocenters. The molecule has 1 unspecified atom stereocenters. The third kappa shape index (κ3) is 2.61. The van der Waals surface area contributed by atoms with Gasteiger partial charge in [-0.15, -0.1) is 0 Å². The molecule has 0 radical (unpaired) electrons. The minimum absolute atomic E-state index is 0.554. The van der Waals surface area contributed by atoms with Gasteiger partial charge in [-0.25, -0.2) is 0 Å². The Labute approximate surface area is 139 Å². The number of allylic oxidation sites excluding steroid dienone is 1. The Kier molecular flexibility index (Phi) is 4.38. The summed E-state index contributed by atoms with van der Waals surface area (Å²) in [5.74, 6) is 0.554. The van der Waals surface area contributed by atoms with E-state index >= 15 is 0 Å². The van der Waals surface area contributed by atoms with Gasteiger partial charge in [0.25, 0.3) is 0 Å². The zero-order valence-electron chi connectivity index (χ0n) is 14.5. The van der Waals surface area contributed by atoms with Crippen LogP contribution in [0.2, 0.25) is 0 Å². The smallest absolute Gasteiger partial charge is 0.0538 e. The summed E-state index contributed by atoms with van der Waals surface area (Å²) in [6.07, 6.45) is 5.73. The van der Waals surface area contributed by atoms with Gasteiger partial charge < -0.3 is 4.57 Å². The van der Waals surface area contributed by atoms with Crippen molar-refractivity contribution in [2.24, 2.45) is 0 Å². The number of hydrogen-bond donors (Lipinski definition) is 0. The summed E-state index contributed by atoms with van der Waals surface area (Å²) in [6, 6.07) is 17.5. The predicted octanol–water partition coefficient (Wildman–Crippen LogP) is 6.49. The molecule has 1 heterocycles. The van der Waals surface area contributed by atoms with E-state index in [0.29, 0.717) is 5.92 Å². The fourth-order valence-corrected chi connectivity index (χ4v) is 3.47. The van der Waals surface area contributed by atoms with Crippen LogP contribution in [0.1, 0.15) is 49.9 Å². The first-order chi connectivity index (χ1) is 11.3. The average Bonchev–Trinajstić information content (AvgIpc) is 2.93. The summed E-state index contributed by atoms with van der Waals surface area (Å²) in [5, 5.41) is 1.37. The van der Waals surface area contributed by atoms with E-state index in [-0.39, 0.29) is 0 Å². The van der Waals surface area contributed by atoms with Crippen molar-refractivity contribution in [3.63, 3.8) is 0 Å². The number of nitrogens with zero attached hydrogens (tertiary/aromatic N) is 1. The molecule has 0 bridgehead atoms. The number of para-hydroxylation sites is 1. The second-order valence-corrected chi connectivity index (χ2v) is 6.03. The lowest BCUT2D eigenvalue weighted by Crippen LogP contribution is -2.06. The van der Waals surface area contributed by atoms with Gasteiger partial charge in [0.05, 0.1) is 5.52 Å². The molecule has 1 heteroatoms. The van der Waals surface area contributed by atoms with Gasteiger partial charge in [0.1, 0.15) is 0 Å². The van der Waals surface area contributed by atoms with Crippen molar-refractivity contribution < 1.29 is 0 Å². The standard InChI is InChI=1S/C20H19N.C2H6/c1-14-11-12-19-18(13-14)17-10-6-7-15(2)20(17)21(19)16-8-4-3-5-9-16;1-2/h3-6,8-13,15H,7H2,1-2H3;1-2H3. The summed E-state index contributed by atoms with van der Waals surface area (Å²) in [5.41, 5.74) is 6.74. The van der Waals surface area contributed by atoms with Gasteiger partial charge in [-0.1, -0.05) is 62.8 Å². The Morgan fingerprint density at radius 2 is 1.74 bits per heavy atom. The molecule has 0 saturated carbocycles. The second kappa shape index (κ2) is 6.45. The summed E-state index contributed by atoms with van der Waals surface area (Å²) in [4.78, 5) is 0. The van der Waals surface area contributed by atoms with Crippen molar-refractivity contribution in [2.45, 2.75) is 40.0 Å². The lowest BCUT2D eigenvalue weighted by Gasteiger charge is -2.19. The van der Waals surface area contributed by atoms with Gasteiger partial charge in [-0.05, 0) is 37.6 Å². The maximum atomic E-state index is 2.44. The first kappa shape index (κ1) is 15.6. The fraction of sp³-hybridized carbons (Fsp3) is 0.273. The highest BCUT2D eigenvalue weighted by Gasteiger charge is 2.22. The van der Waals surface area contributed by atoms with Crippen LogP contribution in [0.4, 0.5) is 0 Å². The molecule has 1 nitrogen and oxygen atoms in total. The minimum Gasteiger partial charge on any atom is -0.313 e. The third-order valence-corrected chi connectivity index (χ3v) is 4.46. The molecule has 0 fully saturated rings. The highest BCUT2D eigenvalue weighted by molar-refractivity contribution is 5.94. The van der Waals surface area contributed by atoms with E-state index in [9.17, 15) is 0 Å². The van der Waals surface area contributed by atoms with Gasteiger partial charge in [-0.2, -0.15) is 0 Å². The minimum atomic E-state index is 0.554. The highest BCUT2D eigenvalue weighted by atomic mass is 15.0. The van der Waals surface area contributed by atoms with E-state index in [1.807, 2.05) is 13.8 Å². The molecular formula is C22H25N. The van der Waals surface area contributed by atoms with Crippen LogP contribution in [-0.2, 0) is 0 Å². The maximum Gasteiger partial charge on any atom is 0.0538 e. The van der Waals surface area contributed by atoms with Crippen molar-refractivity contribution >= 4 is 17.0 Å². The largest absolute Gasteiger partial charge is 0.313 e. The summed E-state index contributed by atoms with van der Waals surface area (Å²) >= 11 is 0. The van der Waals surface area contributed by atoms with Gasteiger partial charge in [0.15, 0.2) is 0 Å². The topological polar surface area (TPSA) is 4.93 Å². The van der Waals surface area contributed by atoms with Crippen LogP contribution in [0.25, 0.3) is 22.7 Å². The molecule has 4 rings (SSSR count). The Bertz CT molecular complexity index is 837. The lowest BCUT2D eigenvalue weighted by atomic mass is 9.93. The average molecular weight is 303 g/mol.